The summed E-state index contributed by atoms with van der Waals surface area (Å²) in [6, 6.07) is 5.90. The molecule has 1 aliphatic carbocycles. The molecule has 1 saturated carbocycles. The van der Waals surface area contributed by atoms with E-state index in [0.29, 0.717) is 22.5 Å². The molecule has 3 N–H and O–H groups in total. The van der Waals surface area contributed by atoms with Crippen molar-refractivity contribution in [3.8, 4) is 0 Å². The minimum Gasteiger partial charge on any atom is -0.399 e. The van der Waals surface area contributed by atoms with Gasteiger partial charge in [-0.3, -0.25) is 4.79 Å². The largest absolute Gasteiger partial charge is 0.399 e. The molecule has 0 heterocycles. The molecular weight excluding hydrogens is 282 g/mol. The van der Waals surface area contributed by atoms with Gasteiger partial charge < -0.3 is 16.0 Å². The summed E-state index contributed by atoms with van der Waals surface area (Å²) in [4.78, 5) is 13.9. The zero-order chi connectivity index (χ0) is 15.4. The van der Waals surface area contributed by atoms with E-state index in [0.717, 1.165) is 17.9 Å². The molecule has 1 aliphatic rings. The van der Waals surface area contributed by atoms with Crippen LogP contribution in [0.2, 0.25) is 0 Å². The minimum absolute atomic E-state index is 0.00944. The summed E-state index contributed by atoms with van der Waals surface area (Å²) in [5.74, 6) is 1.14. The lowest BCUT2D eigenvalue weighted by molar-refractivity contribution is 0.0828. The maximum Gasteiger partial charge on any atom is 0.255 e. The highest BCUT2D eigenvalue weighted by atomic mass is 32.2. The molecule has 1 fully saturated rings. The molecule has 1 aromatic carbocycles. The Labute approximate surface area is 131 Å². The maximum atomic E-state index is 12.3. The monoisotopic (exact) mass is 307 g/mol. The van der Waals surface area contributed by atoms with Crippen LogP contribution >= 0.6 is 11.8 Å². The van der Waals surface area contributed by atoms with Crippen LogP contribution in [-0.2, 0) is 0 Å². The van der Waals surface area contributed by atoms with Gasteiger partial charge in [-0.05, 0) is 36.8 Å². The van der Waals surface area contributed by atoms with Gasteiger partial charge >= 0.3 is 0 Å². The van der Waals surface area contributed by atoms with Crippen LogP contribution < -0.4 is 11.1 Å². The second-order valence-electron chi connectivity index (χ2n) is 5.68. The van der Waals surface area contributed by atoms with Crippen molar-refractivity contribution in [3.05, 3.63) is 23.8 Å². The van der Waals surface area contributed by atoms with Crippen molar-refractivity contribution < 1.29 is 4.79 Å². The van der Waals surface area contributed by atoms with Crippen molar-refractivity contribution in [2.24, 2.45) is 0 Å². The normalized spacial score (nSPS) is 21.3. The number of rotatable bonds is 5. The third-order valence-electron chi connectivity index (χ3n) is 3.85. The van der Waals surface area contributed by atoms with Crippen LogP contribution in [0.5, 0.6) is 0 Å². The van der Waals surface area contributed by atoms with E-state index in [1.807, 2.05) is 23.9 Å². The highest BCUT2D eigenvalue weighted by molar-refractivity contribution is 7.99. The van der Waals surface area contributed by atoms with Crippen molar-refractivity contribution in [3.63, 3.8) is 0 Å². The first kappa shape index (κ1) is 16.0. The number of carbonyl (C=O) groups excluding carboxylic acids is 1. The lowest BCUT2D eigenvalue weighted by Gasteiger charge is -2.24. The number of nitrogens with one attached hydrogen (secondary N) is 1. The van der Waals surface area contributed by atoms with Crippen LogP contribution in [0.25, 0.3) is 0 Å². The topological polar surface area (TPSA) is 58.4 Å². The van der Waals surface area contributed by atoms with Gasteiger partial charge in [0.05, 0.1) is 5.56 Å². The summed E-state index contributed by atoms with van der Waals surface area (Å²) in [6.07, 6.45) is 3.64. The first-order chi connectivity index (χ1) is 10.0. The van der Waals surface area contributed by atoms with Crippen LogP contribution in [0.3, 0.4) is 0 Å². The van der Waals surface area contributed by atoms with Crippen LogP contribution in [0.15, 0.2) is 18.2 Å². The standard InChI is InChI=1S/C16H25N3OS/c1-4-21-15-7-5-6-13(15)18-14-10-11(17)8-9-12(14)16(20)19(2)3/h8-10,13,15,18H,4-7,17H2,1-3H3. The number of carbonyl (C=O) groups is 1. The van der Waals surface area contributed by atoms with Gasteiger partial charge in [0.15, 0.2) is 0 Å². The van der Waals surface area contributed by atoms with Gasteiger partial charge in [0, 0.05) is 36.8 Å². The van der Waals surface area contributed by atoms with Gasteiger partial charge in [0.2, 0.25) is 0 Å². The Balaban J connectivity index is 2.22. The van der Waals surface area contributed by atoms with E-state index in [2.05, 4.69) is 12.2 Å². The second-order valence-corrected chi connectivity index (χ2v) is 7.20. The molecule has 0 aliphatic heterocycles. The fraction of sp³-hybridized carbons (Fsp3) is 0.562. The van der Waals surface area contributed by atoms with Gasteiger partial charge in [-0.2, -0.15) is 11.8 Å². The highest BCUT2D eigenvalue weighted by Gasteiger charge is 2.28. The van der Waals surface area contributed by atoms with Crippen LogP contribution in [0.4, 0.5) is 11.4 Å². The average molecular weight is 307 g/mol. The molecule has 2 unspecified atom stereocenters. The number of benzene rings is 1. The third-order valence-corrected chi connectivity index (χ3v) is 5.18. The van der Waals surface area contributed by atoms with Gasteiger partial charge in [-0.15, -0.1) is 0 Å². The first-order valence-corrected chi connectivity index (χ1v) is 8.57. The number of anilines is 2. The molecule has 2 rings (SSSR count). The molecule has 5 heteroatoms. The van der Waals surface area contributed by atoms with E-state index in [4.69, 9.17) is 5.73 Å². The summed E-state index contributed by atoms with van der Waals surface area (Å²) in [6.45, 7) is 2.20. The predicted molar refractivity (Wildman–Crippen MR) is 92.1 cm³/mol. The lowest BCUT2D eigenvalue weighted by atomic mass is 10.1. The summed E-state index contributed by atoms with van der Waals surface area (Å²) < 4.78 is 0. The number of nitrogen functional groups attached to an aromatic ring is 1. The van der Waals surface area contributed by atoms with E-state index in [1.165, 1.54) is 12.8 Å². The zero-order valence-electron chi connectivity index (χ0n) is 13.1. The number of thioether (sulfide) groups is 1. The smallest absolute Gasteiger partial charge is 0.255 e. The SMILES string of the molecule is CCSC1CCCC1Nc1cc(N)ccc1C(=O)N(C)C. The summed E-state index contributed by atoms with van der Waals surface area (Å²) in [7, 11) is 3.54. The molecule has 1 aromatic rings. The lowest BCUT2D eigenvalue weighted by Crippen LogP contribution is -2.29. The summed E-state index contributed by atoms with van der Waals surface area (Å²) >= 11 is 2.00. The number of nitrogens with zero attached hydrogens (tertiary/aromatic N) is 1. The number of amides is 1. The first-order valence-electron chi connectivity index (χ1n) is 7.52. The second kappa shape index (κ2) is 7.07. The number of hydrogen-bond acceptors (Lipinski definition) is 4. The van der Waals surface area contributed by atoms with Crippen LogP contribution in [-0.4, -0.2) is 41.9 Å². The number of hydrogen-bond donors (Lipinski definition) is 2. The zero-order valence-corrected chi connectivity index (χ0v) is 13.9. The fourth-order valence-electron chi connectivity index (χ4n) is 2.81. The van der Waals surface area contributed by atoms with E-state index >= 15 is 0 Å². The molecule has 4 nitrogen and oxygen atoms in total. The Bertz CT molecular complexity index is 504. The Hall–Kier alpha value is -1.36. The van der Waals surface area contributed by atoms with Gasteiger partial charge in [-0.1, -0.05) is 13.3 Å². The van der Waals surface area contributed by atoms with Gasteiger partial charge in [-0.25, -0.2) is 0 Å². The Morgan fingerprint density at radius 2 is 2.19 bits per heavy atom. The molecule has 0 saturated heterocycles. The highest BCUT2D eigenvalue weighted by Crippen LogP contribution is 2.33. The maximum absolute atomic E-state index is 12.3. The van der Waals surface area contributed by atoms with E-state index < -0.39 is 0 Å². The fourth-order valence-corrected chi connectivity index (χ4v) is 4.01. The van der Waals surface area contributed by atoms with Crippen molar-refractivity contribution >= 4 is 29.0 Å². The quantitative estimate of drug-likeness (QED) is 0.821. The molecular formula is C16H25N3OS. The molecule has 0 spiro atoms. The molecule has 1 amide bonds. The molecule has 116 valence electrons. The predicted octanol–water partition coefficient (Wildman–Crippen LogP) is 3.06. The van der Waals surface area contributed by atoms with Gasteiger partial charge in [0.25, 0.3) is 5.91 Å². The Morgan fingerprint density at radius 3 is 2.86 bits per heavy atom. The van der Waals surface area contributed by atoms with Crippen molar-refractivity contribution in [1.29, 1.82) is 0 Å². The van der Waals surface area contributed by atoms with Crippen molar-refractivity contribution in [1.82, 2.24) is 4.90 Å². The van der Waals surface area contributed by atoms with Crippen molar-refractivity contribution in [2.75, 3.05) is 30.9 Å². The molecule has 0 radical (unpaired) electrons. The molecule has 21 heavy (non-hydrogen) atoms. The summed E-state index contributed by atoms with van der Waals surface area (Å²) in [5, 5.41) is 4.20. The van der Waals surface area contributed by atoms with E-state index in [1.54, 1.807) is 25.1 Å². The van der Waals surface area contributed by atoms with Crippen LogP contribution in [0, 0.1) is 0 Å². The summed E-state index contributed by atoms with van der Waals surface area (Å²) in [5.41, 5.74) is 8.15. The molecule has 0 bridgehead atoms. The minimum atomic E-state index is 0.00944. The molecule has 0 aromatic heterocycles. The Morgan fingerprint density at radius 1 is 1.43 bits per heavy atom. The van der Waals surface area contributed by atoms with Gasteiger partial charge in [0.1, 0.15) is 0 Å². The molecule has 2 atom stereocenters. The average Bonchev–Trinajstić information content (AvgIpc) is 2.86. The van der Waals surface area contributed by atoms with E-state index in [-0.39, 0.29) is 5.91 Å². The van der Waals surface area contributed by atoms with E-state index in [9.17, 15) is 4.79 Å². The van der Waals surface area contributed by atoms with Crippen LogP contribution in [0.1, 0.15) is 36.5 Å². The number of nitrogens with two attached hydrogens (primary N) is 1. The Kier molecular flexibility index (Phi) is 5.39. The third kappa shape index (κ3) is 3.84. The van der Waals surface area contributed by atoms with Crippen molar-refractivity contribution in [2.45, 2.75) is 37.5 Å².